The van der Waals surface area contributed by atoms with Gasteiger partial charge in [0.15, 0.2) is 0 Å². The summed E-state index contributed by atoms with van der Waals surface area (Å²) in [6.07, 6.45) is 0. The molecule has 1 aromatic rings. The van der Waals surface area contributed by atoms with Gasteiger partial charge in [0, 0.05) is 9.92 Å². The molecule has 0 N–H and O–H groups in total. The molecule has 0 aliphatic heterocycles. The quantitative estimate of drug-likeness (QED) is 0.664. The number of thioether (sulfide) groups is 1. The van der Waals surface area contributed by atoms with Crippen LogP contribution in [0.4, 0.5) is 13.2 Å². The molecule has 0 aromatic heterocycles. The van der Waals surface area contributed by atoms with E-state index in [9.17, 15) is 13.2 Å². The number of halogens is 4. The van der Waals surface area contributed by atoms with Crippen LogP contribution in [0.5, 0.6) is 0 Å². The van der Waals surface area contributed by atoms with Crippen LogP contribution in [0.15, 0.2) is 23.1 Å². The van der Waals surface area contributed by atoms with Crippen molar-refractivity contribution in [3.05, 3.63) is 28.8 Å². The summed E-state index contributed by atoms with van der Waals surface area (Å²) >= 11 is 5.75. The molecule has 0 bridgehead atoms. The van der Waals surface area contributed by atoms with Crippen molar-refractivity contribution in [1.29, 1.82) is 0 Å². The summed E-state index contributed by atoms with van der Waals surface area (Å²) in [7, 11) is 0. The molecule has 0 amide bonds. The standard InChI is InChI=1S/C10H10ClF3S/c1-6(2)8-5-7(3-4-9(8)11)15-10(12,13)14/h3-6H,1-2H3. The lowest BCUT2D eigenvalue weighted by atomic mass is 10.0. The fourth-order valence-electron chi connectivity index (χ4n) is 1.16. The zero-order valence-corrected chi connectivity index (χ0v) is 9.80. The van der Waals surface area contributed by atoms with Gasteiger partial charge in [0.25, 0.3) is 0 Å². The van der Waals surface area contributed by atoms with E-state index in [-0.39, 0.29) is 22.6 Å². The Bertz CT molecular complexity index is 347. The van der Waals surface area contributed by atoms with Gasteiger partial charge in [-0.05, 0) is 41.4 Å². The van der Waals surface area contributed by atoms with Gasteiger partial charge >= 0.3 is 5.51 Å². The molecule has 0 aliphatic rings. The first-order valence-corrected chi connectivity index (χ1v) is 5.54. The monoisotopic (exact) mass is 254 g/mol. The Kier molecular flexibility index (Phi) is 3.95. The topological polar surface area (TPSA) is 0 Å². The highest BCUT2D eigenvalue weighted by Gasteiger charge is 2.29. The van der Waals surface area contributed by atoms with Crippen molar-refractivity contribution in [2.75, 3.05) is 0 Å². The van der Waals surface area contributed by atoms with Crippen LogP contribution >= 0.6 is 23.4 Å². The highest BCUT2D eigenvalue weighted by Crippen LogP contribution is 2.39. The van der Waals surface area contributed by atoms with Crippen molar-refractivity contribution >= 4 is 23.4 Å². The van der Waals surface area contributed by atoms with Crippen LogP contribution in [0.3, 0.4) is 0 Å². The minimum absolute atomic E-state index is 0.117. The lowest BCUT2D eigenvalue weighted by Crippen LogP contribution is -1.99. The molecule has 0 aliphatic carbocycles. The Morgan fingerprint density at radius 1 is 1.27 bits per heavy atom. The van der Waals surface area contributed by atoms with E-state index in [2.05, 4.69) is 0 Å². The first-order chi connectivity index (χ1) is 6.79. The third-order valence-electron chi connectivity index (χ3n) is 1.82. The van der Waals surface area contributed by atoms with E-state index in [1.165, 1.54) is 18.2 Å². The molecule has 0 saturated heterocycles. The third-order valence-corrected chi connectivity index (χ3v) is 2.89. The van der Waals surface area contributed by atoms with Crippen LogP contribution in [0, 0.1) is 0 Å². The molecule has 0 atom stereocenters. The molecule has 0 heterocycles. The molecule has 84 valence electrons. The molecule has 5 heteroatoms. The molecular weight excluding hydrogens is 245 g/mol. The van der Waals surface area contributed by atoms with E-state index in [0.29, 0.717) is 5.02 Å². The predicted molar refractivity (Wildman–Crippen MR) is 57.5 cm³/mol. The molecule has 0 saturated carbocycles. The lowest BCUT2D eigenvalue weighted by Gasteiger charge is -2.11. The highest BCUT2D eigenvalue weighted by atomic mass is 35.5. The number of alkyl halides is 3. The SMILES string of the molecule is CC(C)c1cc(SC(F)(F)F)ccc1Cl. The zero-order chi connectivity index (χ0) is 11.6. The summed E-state index contributed by atoms with van der Waals surface area (Å²) in [4.78, 5) is 0.176. The molecule has 0 spiro atoms. The van der Waals surface area contributed by atoms with Gasteiger partial charge in [-0.2, -0.15) is 13.2 Å². The van der Waals surface area contributed by atoms with Gasteiger partial charge in [-0.3, -0.25) is 0 Å². The summed E-state index contributed by atoms with van der Waals surface area (Å²) < 4.78 is 36.3. The van der Waals surface area contributed by atoms with E-state index in [4.69, 9.17) is 11.6 Å². The summed E-state index contributed by atoms with van der Waals surface area (Å²) in [6, 6.07) is 4.38. The summed E-state index contributed by atoms with van der Waals surface area (Å²) in [5.74, 6) is 0.117. The Labute approximate surface area is 95.8 Å². The van der Waals surface area contributed by atoms with Crippen molar-refractivity contribution in [3.63, 3.8) is 0 Å². The van der Waals surface area contributed by atoms with Crippen molar-refractivity contribution in [3.8, 4) is 0 Å². The summed E-state index contributed by atoms with van der Waals surface area (Å²) in [5.41, 5.74) is -3.51. The van der Waals surface area contributed by atoms with Crippen LogP contribution in [-0.2, 0) is 0 Å². The van der Waals surface area contributed by atoms with Crippen LogP contribution in [0.2, 0.25) is 5.02 Å². The first kappa shape index (κ1) is 12.7. The maximum atomic E-state index is 12.1. The first-order valence-electron chi connectivity index (χ1n) is 4.35. The van der Waals surface area contributed by atoms with Gasteiger partial charge in [0.2, 0.25) is 0 Å². The molecule has 0 radical (unpaired) electrons. The smallest absolute Gasteiger partial charge is 0.160 e. The molecule has 1 rings (SSSR count). The zero-order valence-electron chi connectivity index (χ0n) is 8.23. The lowest BCUT2D eigenvalue weighted by molar-refractivity contribution is -0.0328. The Hall–Kier alpha value is -0.350. The maximum absolute atomic E-state index is 12.1. The molecule has 15 heavy (non-hydrogen) atoms. The fourth-order valence-corrected chi connectivity index (χ4v) is 2.09. The van der Waals surface area contributed by atoms with Crippen LogP contribution < -0.4 is 0 Å². The van der Waals surface area contributed by atoms with E-state index in [1.54, 1.807) is 0 Å². The average molecular weight is 255 g/mol. The van der Waals surface area contributed by atoms with E-state index < -0.39 is 5.51 Å². The van der Waals surface area contributed by atoms with E-state index in [0.717, 1.165) is 5.56 Å². The summed E-state index contributed by atoms with van der Waals surface area (Å²) in [6.45, 7) is 3.78. The van der Waals surface area contributed by atoms with Gasteiger partial charge in [-0.1, -0.05) is 25.4 Å². The predicted octanol–water partition coefficient (Wildman–Crippen LogP) is 5.08. The van der Waals surface area contributed by atoms with Gasteiger partial charge < -0.3 is 0 Å². The van der Waals surface area contributed by atoms with Gasteiger partial charge in [0.1, 0.15) is 0 Å². The second-order valence-electron chi connectivity index (χ2n) is 3.39. The second-order valence-corrected chi connectivity index (χ2v) is 4.93. The number of rotatable bonds is 2. The average Bonchev–Trinajstić information content (AvgIpc) is 2.05. The highest BCUT2D eigenvalue weighted by molar-refractivity contribution is 8.00. The van der Waals surface area contributed by atoms with E-state index >= 15 is 0 Å². The fraction of sp³-hybridized carbons (Fsp3) is 0.400. The minimum atomic E-state index is -4.25. The van der Waals surface area contributed by atoms with Gasteiger partial charge in [0.05, 0.1) is 0 Å². The third kappa shape index (κ3) is 3.95. The van der Waals surface area contributed by atoms with Crippen molar-refractivity contribution in [2.24, 2.45) is 0 Å². The Balaban J connectivity index is 2.98. The molecule has 0 nitrogen and oxygen atoms in total. The van der Waals surface area contributed by atoms with Crippen LogP contribution in [0.25, 0.3) is 0 Å². The molecule has 1 aromatic carbocycles. The molecular formula is C10H10ClF3S. The number of benzene rings is 1. The van der Waals surface area contributed by atoms with Crippen molar-refractivity contribution < 1.29 is 13.2 Å². The normalized spacial score (nSPS) is 12.2. The van der Waals surface area contributed by atoms with Crippen LogP contribution in [-0.4, -0.2) is 5.51 Å². The Morgan fingerprint density at radius 3 is 2.33 bits per heavy atom. The second kappa shape index (κ2) is 4.66. The molecule has 0 unspecified atom stereocenters. The maximum Gasteiger partial charge on any atom is 0.446 e. The Morgan fingerprint density at radius 2 is 1.87 bits per heavy atom. The largest absolute Gasteiger partial charge is 0.446 e. The molecule has 0 fully saturated rings. The van der Waals surface area contributed by atoms with Crippen molar-refractivity contribution in [2.45, 2.75) is 30.2 Å². The number of hydrogen-bond donors (Lipinski definition) is 0. The van der Waals surface area contributed by atoms with Crippen LogP contribution in [0.1, 0.15) is 25.3 Å². The van der Waals surface area contributed by atoms with Gasteiger partial charge in [-0.15, -0.1) is 0 Å². The van der Waals surface area contributed by atoms with Crippen molar-refractivity contribution in [1.82, 2.24) is 0 Å². The number of hydrogen-bond acceptors (Lipinski definition) is 1. The summed E-state index contributed by atoms with van der Waals surface area (Å²) in [5, 5.41) is 0.511. The van der Waals surface area contributed by atoms with E-state index in [1.807, 2.05) is 13.8 Å². The minimum Gasteiger partial charge on any atom is -0.160 e. The van der Waals surface area contributed by atoms with Gasteiger partial charge in [-0.25, -0.2) is 0 Å².